The summed E-state index contributed by atoms with van der Waals surface area (Å²) in [5.74, 6) is 1.31. The molecule has 94 valence electrons. The molecule has 0 heterocycles. The fourth-order valence-corrected chi connectivity index (χ4v) is 2.16. The summed E-state index contributed by atoms with van der Waals surface area (Å²) in [5.41, 5.74) is 1.61. The van der Waals surface area contributed by atoms with E-state index in [9.17, 15) is 5.11 Å². The number of aliphatic hydroxyl groups excluding tert-OH is 1. The molecule has 2 rings (SSSR count). The summed E-state index contributed by atoms with van der Waals surface area (Å²) < 4.78 is 6.76. The van der Waals surface area contributed by atoms with Crippen LogP contribution in [0.5, 0.6) is 11.5 Å². The van der Waals surface area contributed by atoms with Gasteiger partial charge in [0.2, 0.25) is 0 Å². The van der Waals surface area contributed by atoms with E-state index in [0.717, 1.165) is 15.8 Å². The van der Waals surface area contributed by atoms with E-state index < -0.39 is 0 Å². The van der Waals surface area contributed by atoms with Crippen LogP contribution in [0.15, 0.2) is 40.9 Å². The lowest BCUT2D eigenvalue weighted by Crippen LogP contribution is -1.94. The normalized spacial score (nSPS) is 10.4. The van der Waals surface area contributed by atoms with E-state index in [1.54, 1.807) is 18.2 Å². The Morgan fingerprint density at radius 2 is 2.00 bits per heavy atom. The fraction of sp³-hybridized carbons (Fsp3) is 0.143. The molecular weight excluding hydrogens is 316 g/mol. The minimum absolute atomic E-state index is 0.151. The van der Waals surface area contributed by atoms with Gasteiger partial charge in [-0.1, -0.05) is 39.7 Å². The Bertz CT molecular complexity index is 570. The molecule has 0 radical (unpaired) electrons. The topological polar surface area (TPSA) is 29.5 Å². The SMILES string of the molecule is Cc1ccc(Br)cc1Oc1cccc(Cl)c1CO. The van der Waals surface area contributed by atoms with Crippen LogP contribution in [-0.2, 0) is 6.61 Å². The Balaban J connectivity index is 2.40. The van der Waals surface area contributed by atoms with Crippen LogP contribution in [0.1, 0.15) is 11.1 Å². The Kier molecular flexibility index (Phi) is 4.27. The Morgan fingerprint density at radius 3 is 2.72 bits per heavy atom. The van der Waals surface area contributed by atoms with Crippen LogP contribution in [0.4, 0.5) is 0 Å². The van der Waals surface area contributed by atoms with Gasteiger partial charge in [-0.15, -0.1) is 0 Å². The summed E-state index contributed by atoms with van der Waals surface area (Å²) in [5, 5.41) is 9.83. The first-order valence-corrected chi connectivity index (χ1v) is 6.61. The van der Waals surface area contributed by atoms with Crippen LogP contribution >= 0.6 is 27.5 Å². The number of hydrogen-bond donors (Lipinski definition) is 1. The molecule has 0 spiro atoms. The highest BCUT2D eigenvalue weighted by Crippen LogP contribution is 2.33. The van der Waals surface area contributed by atoms with Crippen LogP contribution < -0.4 is 4.74 Å². The largest absolute Gasteiger partial charge is 0.457 e. The first kappa shape index (κ1) is 13.4. The van der Waals surface area contributed by atoms with E-state index in [-0.39, 0.29) is 6.61 Å². The van der Waals surface area contributed by atoms with Crippen molar-refractivity contribution >= 4 is 27.5 Å². The molecule has 18 heavy (non-hydrogen) atoms. The predicted octanol–water partition coefficient (Wildman–Crippen LogP) is 4.70. The lowest BCUT2D eigenvalue weighted by molar-refractivity contribution is 0.276. The predicted molar refractivity (Wildman–Crippen MR) is 76.3 cm³/mol. The number of rotatable bonds is 3. The zero-order chi connectivity index (χ0) is 13.1. The maximum Gasteiger partial charge on any atom is 0.134 e. The molecule has 4 heteroatoms. The molecule has 0 amide bonds. The second-order valence-electron chi connectivity index (χ2n) is 3.89. The highest BCUT2D eigenvalue weighted by atomic mass is 79.9. The molecule has 0 aliphatic heterocycles. The smallest absolute Gasteiger partial charge is 0.134 e. The van der Waals surface area contributed by atoms with E-state index in [1.807, 2.05) is 25.1 Å². The maximum atomic E-state index is 9.33. The van der Waals surface area contributed by atoms with Crippen molar-refractivity contribution in [2.45, 2.75) is 13.5 Å². The number of hydrogen-bond acceptors (Lipinski definition) is 2. The van der Waals surface area contributed by atoms with E-state index in [4.69, 9.17) is 16.3 Å². The van der Waals surface area contributed by atoms with Crippen LogP contribution in [0.2, 0.25) is 5.02 Å². The third-order valence-corrected chi connectivity index (χ3v) is 3.45. The molecule has 0 aliphatic carbocycles. The van der Waals surface area contributed by atoms with Gasteiger partial charge in [-0.2, -0.15) is 0 Å². The third-order valence-electron chi connectivity index (χ3n) is 2.60. The van der Waals surface area contributed by atoms with E-state index >= 15 is 0 Å². The first-order valence-electron chi connectivity index (χ1n) is 5.44. The highest BCUT2D eigenvalue weighted by molar-refractivity contribution is 9.10. The van der Waals surface area contributed by atoms with Crippen molar-refractivity contribution in [1.82, 2.24) is 0 Å². The minimum Gasteiger partial charge on any atom is -0.457 e. The quantitative estimate of drug-likeness (QED) is 0.885. The van der Waals surface area contributed by atoms with Crippen LogP contribution in [-0.4, -0.2) is 5.11 Å². The zero-order valence-electron chi connectivity index (χ0n) is 9.78. The molecule has 0 bridgehead atoms. The first-order chi connectivity index (χ1) is 8.61. The molecule has 0 saturated heterocycles. The summed E-state index contributed by atoms with van der Waals surface area (Å²) in [6, 6.07) is 11.1. The molecule has 2 nitrogen and oxygen atoms in total. The minimum atomic E-state index is -0.151. The molecule has 2 aromatic rings. The van der Waals surface area contributed by atoms with Gasteiger partial charge >= 0.3 is 0 Å². The van der Waals surface area contributed by atoms with Gasteiger partial charge in [0.15, 0.2) is 0 Å². The van der Waals surface area contributed by atoms with Gasteiger partial charge in [0, 0.05) is 15.1 Å². The molecular formula is C14H12BrClO2. The molecule has 0 aromatic heterocycles. The average molecular weight is 328 g/mol. The number of benzene rings is 2. The van der Waals surface area contributed by atoms with Gasteiger partial charge in [0.1, 0.15) is 11.5 Å². The average Bonchev–Trinajstić information content (AvgIpc) is 2.34. The second-order valence-corrected chi connectivity index (χ2v) is 5.21. The molecule has 0 atom stereocenters. The van der Waals surface area contributed by atoms with Crippen molar-refractivity contribution < 1.29 is 9.84 Å². The molecule has 0 aliphatic rings. The van der Waals surface area contributed by atoms with Crippen molar-refractivity contribution in [2.75, 3.05) is 0 Å². The van der Waals surface area contributed by atoms with E-state index in [1.165, 1.54) is 0 Å². The second kappa shape index (κ2) is 5.74. The lowest BCUT2D eigenvalue weighted by atomic mass is 10.2. The molecule has 0 saturated carbocycles. The van der Waals surface area contributed by atoms with Gasteiger partial charge in [0.25, 0.3) is 0 Å². The van der Waals surface area contributed by atoms with Gasteiger partial charge < -0.3 is 9.84 Å². The number of halogens is 2. The van der Waals surface area contributed by atoms with Gasteiger partial charge in [-0.25, -0.2) is 0 Å². The van der Waals surface area contributed by atoms with Crippen molar-refractivity contribution in [3.8, 4) is 11.5 Å². The van der Waals surface area contributed by atoms with Crippen molar-refractivity contribution in [3.05, 3.63) is 57.0 Å². The summed E-state index contributed by atoms with van der Waals surface area (Å²) in [6.45, 7) is 1.81. The molecule has 1 N–H and O–H groups in total. The highest BCUT2D eigenvalue weighted by Gasteiger charge is 2.09. The van der Waals surface area contributed by atoms with E-state index in [0.29, 0.717) is 16.3 Å². The Hall–Kier alpha value is -1.03. The van der Waals surface area contributed by atoms with Crippen molar-refractivity contribution in [1.29, 1.82) is 0 Å². The standard InChI is InChI=1S/C14H12BrClO2/c1-9-5-6-10(15)7-14(9)18-13-4-2-3-12(16)11(13)8-17/h2-7,17H,8H2,1H3. The molecule has 0 fully saturated rings. The number of aryl methyl sites for hydroxylation is 1. The lowest BCUT2D eigenvalue weighted by Gasteiger charge is -2.13. The van der Waals surface area contributed by atoms with Crippen molar-refractivity contribution in [2.24, 2.45) is 0 Å². The zero-order valence-corrected chi connectivity index (χ0v) is 12.1. The summed E-state index contributed by atoms with van der Waals surface area (Å²) in [6.07, 6.45) is 0. The Morgan fingerprint density at radius 1 is 1.22 bits per heavy atom. The summed E-state index contributed by atoms with van der Waals surface area (Å²) >= 11 is 9.42. The number of aliphatic hydroxyl groups is 1. The summed E-state index contributed by atoms with van der Waals surface area (Å²) in [7, 11) is 0. The van der Waals surface area contributed by atoms with Gasteiger partial charge in [-0.3, -0.25) is 0 Å². The third kappa shape index (κ3) is 2.86. The molecule has 0 unspecified atom stereocenters. The monoisotopic (exact) mass is 326 g/mol. The molecule has 2 aromatic carbocycles. The summed E-state index contributed by atoms with van der Waals surface area (Å²) in [4.78, 5) is 0. The van der Waals surface area contributed by atoms with Crippen LogP contribution in [0, 0.1) is 6.92 Å². The van der Waals surface area contributed by atoms with Gasteiger partial charge in [0.05, 0.1) is 6.61 Å². The maximum absolute atomic E-state index is 9.33. The van der Waals surface area contributed by atoms with Gasteiger partial charge in [-0.05, 0) is 36.8 Å². The van der Waals surface area contributed by atoms with E-state index in [2.05, 4.69) is 15.9 Å². The van der Waals surface area contributed by atoms with Crippen LogP contribution in [0.3, 0.4) is 0 Å². The number of ether oxygens (including phenoxy) is 1. The van der Waals surface area contributed by atoms with Crippen LogP contribution in [0.25, 0.3) is 0 Å². The fourth-order valence-electron chi connectivity index (χ4n) is 1.59. The Labute approximate surface area is 119 Å². The van der Waals surface area contributed by atoms with Crippen molar-refractivity contribution in [3.63, 3.8) is 0 Å².